The smallest absolute Gasteiger partial charge is 0.314 e. The van der Waals surface area contributed by atoms with E-state index in [4.69, 9.17) is 5.73 Å². The van der Waals surface area contributed by atoms with Gasteiger partial charge in [0, 0.05) is 0 Å². The second kappa shape index (κ2) is 3.85. The molecule has 9 heteroatoms. The van der Waals surface area contributed by atoms with Crippen LogP contribution < -0.4 is 11.3 Å². The normalized spacial score (nSPS) is 12.6. The number of esters is 1. The van der Waals surface area contributed by atoms with Crippen LogP contribution in [0.2, 0.25) is 0 Å². The standard InChI is InChI=1S/C8H10N6O3/c1-3(6(16)17-2)4-5(15)13-14-7(9)11-12-8(14)10-4/h3H,1-2H3,(H2,9,11)(H,13,15). The Morgan fingerprint density at radius 2 is 2.24 bits per heavy atom. The number of anilines is 1. The largest absolute Gasteiger partial charge is 0.469 e. The van der Waals surface area contributed by atoms with Gasteiger partial charge in [-0.05, 0) is 6.92 Å². The molecule has 2 aromatic heterocycles. The number of fused-ring (bicyclic) bond motifs is 1. The van der Waals surface area contributed by atoms with E-state index in [-0.39, 0.29) is 17.4 Å². The van der Waals surface area contributed by atoms with Crippen molar-refractivity contribution in [3.05, 3.63) is 16.0 Å². The van der Waals surface area contributed by atoms with Crippen LogP contribution in [-0.4, -0.2) is 37.9 Å². The highest BCUT2D eigenvalue weighted by Crippen LogP contribution is 2.10. The third-order valence-electron chi connectivity index (χ3n) is 2.30. The fourth-order valence-electron chi connectivity index (χ4n) is 1.37. The topological polar surface area (TPSA) is 128 Å². The molecule has 0 saturated carbocycles. The predicted molar refractivity (Wildman–Crippen MR) is 56.2 cm³/mol. The zero-order valence-electron chi connectivity index (χ0n) is 9.17. The summed E-state index contributed by atoms with van der Waals surface area (Å²) in [5.41, 5.74) is 4.92. The number of nitrogens with two attached hydrogens (primary N) is 1. The van der Waals surface area contributed by atoms with Crippen molar-refractivity contribution in [3.63, 3.8) is 0 Å². The second-order valence-corrected chi connectivity index (χ2v) is 3.38. The molecule has 0 aliphatic rings. The summed E-state index contributed by atoms with van der Waals surface area (Å²) < 4.78 is 5.67. The third-order valence-corrected chi connectivity index (χ3v) is 2.30. The van der Waals surface area contributed by atoms with Crippen molar-refractivity contribution in [2.75, 3.05) is 12.8 Å². The molecule has 1 unspecified atom stereocenters. The highest BCUT2D eigenvalue weighted by molar-refractivity contribution is 5.76. The Hall–Kier alpha value is -2.45. The maximum absolute atomic E-state index is 11.7. The molecule has 0 amide bonds. The zero-order chi connectivity index (χ0) is 12.6. The Labute approximate surface area is 94.6 Å². The van der Waals surface area contributed by atoms with Gasteiger partial charge in [-0.15, -0.1) is 10.2 Å². The quantitative estimate of drug-likeness (QED) is 0.620. The van der Waals surface area contributed by atoms with Crippen LogP contribution in [0.5, 0.6) is 0 Å². The van der Waals surface area contributed by atoms with E-state index in [1.165, 1.54) is 14.0 Å². The van der Waals surface area contributed by atoms with Gasteiger partial charge in [-0.2, -0.15) is 4.52 Å². The number of methoxy groups -OCH3 is 1. The van der Waals surface area contributed by atoms with E-state index in [9.17, 15) is 9.59 Å². The van der Waals surface area contributed by atoms with Crippen molar-refractivity contribution in [1.82, 2.24) is 24.8 Å². The highest BCUT2D eigenvalue weighted by atomic mass is 16.5. The molecule has 0 aliphatic carbocycles. The Kier molecular flexibility index (Phi) is 2.50. The van der Waals surface area contributed by atoms with Crippen molar-refractivity contribution in [2.45, 2.75) is 12.8 Å². The summed E-state index contributed by atoms with van der Waals surface area (Å²) in [6.07, 6.45) is 0. The van der Waals surface area contributed by atoms with Gasteiger partial charge < -0.3 is 10.5 Å². The van der Waals surface area contributed by atoms with Crippen LogP contribution in [0.15, 0.2) is 4.79 Å². The minimum atomic E-state index is -0.785. The van der Waals surface area contributed by atoms with Crippen molar-refractivity contribution in [1.29, 1.82) is 0 Å². The average molecular weight is 238 g/mol. The molecule has 0 spiro atoms. The number of rotatable bonds is 2. The van der Waals surface area contributed by atoms with E-state index >= 15 is 0 Å². The Morgan fingerprint density at radius 3 is 2.88 bits per heavy atom. The monoisotopic (exact) mass is 238 g/mol. The SMILES string of the molecule is COC(=O)C(C)c1nc2nnc(N)n2[nH]c1=O. The molecular weight excluding hydrogens is 228 g/mol. The summed E-state index contributed by atoms with van der Waals surface area (Å²) in [5.74, 6) is -1.21. The van der Waals surface area contributed by atoms with E-state index in [2.05, 4.69) is 25.0 Å². The molecule has 0 fully saturated rings. The first-order chi connectivity index (χ1) is 8.04. The lowest BCUT2D eigenvalue weighted by atomic mass is 10.1. The lowest BCUT2D eigenvalue weighted by Crippen LogP contribution is -2.25. The molecule has 0 aliphatic heterocycles. The molecule has 9 nitrogen and oxygen atoms in total. The summed E-state index contributed by atoms with van der Waals surface area (Å²) in [7, 11) is 1.24. The minimum absolute atomic E-state index is 0.0109. The predicted octanol–water partition coefficient (Wildman–Crippen LogP) is -1.33. The summed E-state index contributed by atoms with van der Waals surface area (Å²) >= 11 is 0. The third kappa shape index (κ3) is 1.71. The molecule has 90 valence electrons. The van der Waals surface area contributed by atoms with Crippen LogP contribution in [0.1, 0.15) is 18.5 Å². The molecule has 2 aromatic rings. The Balaban J connectivity index is 2.59. The number of aromatic amines is 1. The number of carbonyl (C=O) groups excluding carboxylic acids is 1. The first-order valence-corrected chi connectivity index (χ1v) is 4.73. The number of nitrogen functional groups attached to an aromatic ring is 1. The molecule has 0 radical (unpaired) electrons. The van der Waals surface area contributed by atoms with E-state index in [1.54, 1.807) is 0 Å². The number of hydrogen-bond donors (Lipinski definition) is 2. The lowest BCUT2D eigenvalue weighted by molar-refractivity contribution is -0.142. The molecule has 1 atom stereocenters. The average Bonchev–Trinajstić information content (AvgIpc) is 2.68. The van der Waals surface area contributed by atoms with Crippen LogP contribution in [0.4, 0.5) is 5.95 Å². The van der Waals surface area contributed by atoms with E-state index in [0.29, 0.717) is 0 Å². The Morgan fingerprint density at radius 1 is 1.53 bits per heavy atom. The number of nitrogens with one attached hydrogen (secondary N) is 1. The second-order valence-electron chi connectivity index (χ2n) is 3.38. The molecule has 3 N–H and O–H groups in total. The lowest BCUT2D eigenvalue weighted by Gasteiger charge is -2.07. The summed E-state index contributed by atoms with van der Waals surface area (Å²) in [5, 5.41) is 9.59. The fraction of sp³-hybridized carbons (Fsp3) is 0.375. The Bertz CT molecular complexity index is 630. The molecule has 2 rings (SSSR count). The van der Waals surface area contributed by atoms with Gasteiger partial charge >= 0.3 is 5.97 Å². The number of aromatic nitrogens is 5. The van der Waals surface area contributed by atoms with Gasteiger partial charge in [0.25, 0.3) is 11.3 Å². The van der Waals surface area contributed by atoms with Gasteiger partial charge in [0.05, 0.1) is 7.11 Å². The molecule has 2 heterocycles. The molecule has 0 bridgehead atoms. The van der Waals surface area contributed by atoms with Gasteiger partial charge in [0.15, 0.2) is 0 Å². The van der Waals surface area contributed by atoms with Crippen LogP contribution in [0.3, 0.4) is 0 Å². The van der Waals surface area contributed by atoms with E-state index in [1.807, 2.05) is 0 Å². The number of hydrogen-bond acceptors (Lipinski definition) is 7. The van der Waals surface area contributed by atoms with Crippen LogP contribution in [-0.2, 0) is 9.53 Å². The molecule has 0 aromatic carbocycles. The van der Waals surface area contributed by atoms with Crippen molar-refractivity contribution in [2.24, 2.45) is 0 Å². The van der Waals surface area contributed by atoms with Crippen molar-refractivity contribution >= 4 is 17.7 Å². The molecular formula is C8H10N6O3. The zero-order valence-corrected chi connectivity index (χ0v) is 9.17. The van der Waals surface area contributed by atoms with Crippen molar-refractivity contribution in [3.8, 4) is 0 Å². The number of H-pyrrole nitrogens is 1. The van der Waals surface area contributed by atoms with Gasteiger partial charge in [-0.1, -0.05) is 0 Å². The first-order valence-electron chi connectivity index (χ1n) is 4.73. The fourth-order valence-corrected chi connectivity index (χ4v) is 1.37. The van der Waals surface area contributed by atoms with E-state index in [0.717, 1.165) is 4.52 Å². The molecule has 17 heavy (non-hydrogen) atoms. The van der Waals surface area contributed by atoms with Gasteiger partial charge in [0.2, 0.25) is 5.95 Å². The van der Waals surface area contributed by atoms with E-state index < -0.39 is 17.4 Å². The van der Waals surface area contributed by atoms with Crippen LogP contribution in [0, 0.1) is 0 Å². The highest BCUT2D eigenvalue weighted by Gasteiger charge is 2.22. The van der Waals surface area contributed by atoms with Gasteiger partial charge in [-0.3, -0.25) is 14.7 Å². The summed E-state index contributed by atoms with van der Waals surface area (Å²) in [4.78, 5) is 26.9. The maximum Gasteiger partial charge on any atom is 0.314 e. The number of nitrogens with zero attached hydrogens (tertiary/aromatic N) is 4. The number of carbonyl (C=O) groups is 1. The van der Waals surface area contributed by atoms with Gasteiger partial charge in [-0.25, -0.2) is 4.98 Å². The first kappa shape index (κ1) is 11.0. The summed E-state index contributed by atoms with van der Waals surface area (Å²) in [6, 6.07) is 0. The maximum atomic E-state index is 11.7. The summed E-state index contributed by atoms with van der Waals surface area (Å²) in [6.45, 7) is 1.51. The van der Waals surface area contributed by atoms with Gasteiger partial charge in [0.1, 0.15) is 11.6 Å². The van der Waals surface area contributed by atoms with Crippen LogP contribution >= 0.6 is 0 Å². The van der Waals surface area contributed by atoms with Crippen LogP contribution in [0.25, 0.3) is 5.78 Å². The van der Waals surface area contributed by atoms with Crippen molar-refractivity contribution < 1.29 is 9.53 Å². The minimum Gasteiger partial charge on any atom is -0.469 e. The molecule has 0 saturated heterocycles. The number of ether oxygens (including phenoxy) is 1.